The van der Waals surface area contributed by atoms with Crippen molar-refractivity contribution in [1.82, 2.24) is 29.7 Å². The van der Waals surface area contributed by atoms with Crippen molar-refractivity contribution in [2.24, 2.45) is 0 Å². The summed E-state index contributed by atoms with van der Waals surface area (Å²) in [4.78, 5) is 29.3. The Balaban J connectivity index is 1.89. The molecule has 0 unspecified atom stereocenters. The SMILES string of the molecule is CO[n+]1c(C)cccc1Cn1c(=O)[nH]c2c(N)nc(-c3ccn[nH]3)nc21. The summed E-state index contributed by atoms with van der Waals surface area (Å²) in [5.74, 6) is 0.559. The molecule has 0 radical (unpaired) electrons. The van der Waals surface area contributed by atoms with Gasteiger partial charge in [-0.05, 0) is 12.1 Å². The molecule has 0 amide bonds. The Kier molecular flexibility index (Phi) is 3.64. The van der Waals surface area contributed by atoms with E-state index in [0.29, 0.717) is 22.7 Å². The average molecular weight is 353 g/mol. The van der Waals surface area contributed by atoms with E-state index >= 15 is 0 Å². The van der Waals surface area contributed by atoms with Gasteiger partial charge >= 0.3 is 5.69 Å². The molecule has 10 heteroatoms. The van der Waals surface area contributed by atoms with Crippen LogP contribution in [0.4, 0.5) is 5.82 Å². The monoisotopic (exact) mass is 353 g/mol. The van der Waals surface area contributed by atoms with Crippen molar-refractivity contribution in [3.05, 3.63) is 52.3 Å². The minimum Gasteiger partial charge on any atom is -0.382 e. The summed E-state index contributed by atoms with van der Waals surface area (Å²) in [6.07, 6.45) is 1.59. The van der Waals surface area contributed by atoms with E-state index in [9.17, 15) is 4.79 Å². The number of H-pyrrole nitrogens is 2. The number of aromatic amines is 2. The molecule has 0 saturated heterocycles. The lowest BCUT2D eigenvalue weighted by Gasteiger charge is -2.05. The zero-order valence-electron chi connectivity index (χ0n) is 14.2. The first-order chi connectivity index (χ1) is 12.6. The number of anilines is 1. The first-order valence-electron chi connectivity index (χ1n) is 7.89. The van der Waals surface area contributed by atoms with Crippen LogP contribution < -0.4 is 21.0 Å². The molecular formula is C16H17N8O2+. The predicted molar refractivity (Wildman–Crippen MR) is 93.1 cm³/mol. The number of hydrogen-bond acceptors (Lipinski definition) is 6. The van der Waals surface area contributed by atoms with Gasteiger partial charge in [-0.25, -0.2) is 14.8 Å². The summed E-state index contributed by atoms with van der Waals surface area (Å²) in [6.45, 7) is 2.18. The van der Waals surface area contributed by atoms with Gasteiger partial charge in [0.05, 0.1) is 0 Å². The van der Waals surface area contributed by atoms with Crippen molar-refractivity contribution < 1.29 is 9.57 Å². The zero-order valence-corrected chi connectivity index (χ0v) is 14.2. The van der Waals surface area contributed by atoms with E-state index < -0.39 is 0 Å². The van der Waals surface area contributed by atoms with Crippen LogP contribution in [0, 0.1) is 6.92 Å². The van der Waals surface area contributed by atoms with Crippen LogP contribution in [0.2, 0.25) is 0 Å². The number of nitrogen functional groups attached to an aromatic ring is 1. The fraction of sp³-hybridized carbons (Fsp3) is 0.188. The molecule has 4 heterocycles. The summed E-state index contributed by atoms with van der Waals surface area (Å²) in [5, 5.41) is 6.69. The fourth-order valence-corrected chi connectivity index (χ4v) is 2.90. The Hall–Kier alpha value is -3.69. The second-order valence-corrected chi connectivity index (χ2v) is 5.75. The van der Waals surface area contributed by atoms with Crippen molar-refractivity contribution >= 4 is 17.0 Å². The summed E-state index contributed by atoms with van der Waals surface area (Å²) in [6, 6.07) is 7.43. The number of rotatable bonds is 4. The van der Waals surface area contributed by atoms with Crippen molar-refractivity contribution in [2.45, 2.75) is 13.5 Å². The van der Waals surface area contributed by atoms with Crippen LogP contribution in [0.25, 0.3) is 22.7 Å². The number of hydrogen-bond donors (Lipinski definition) is 3. The third-order valence-corrected chi connectivity index (χ3v) is 4.10. The maximum atomic E-state index is 12.5. The van der Waals surface area contributed by atoms with E-state index in [2.05, 4.69) is 25.1 Å². The van der Waals surface area contributed by atoms with E-state index in [-0.39, 0.29) is 18.1 Å². The highest BCUT2D eigenvalue weighted by Crippen LogP contribution is 2.19. The quantitative estimate of drug-likeness (QED) is 0.435. The third kappa shape index (κ3) is 2.48. The van der Waals surface area contributed by atoms with Crippen molar-refractivity contribution in [2.75, 3.05) is 12.8 Å². The van der Waals surface area contributed by atoms with Gasteiger partial charge in [-0.2, -0.15) is 5.10 Å². The van der Waals surface area contributed by atoms with Gasteiger partial charge in [-0.3, -0.25) is 14.5 Å². The Morgan fingerprint density at radius 1 is 1.31 bits per heavy atom. The van der Waals surface area contributed by atoms with Gasteiger partial charge in [-0.1, -0.05) is 0 Å². The standard InChI is InChI=1S/C16H16N8O2/c1-9-4-3-5-10(24(9)26-2)8-23-15-12(19-16(23)25)13(17)20-14(21-15)11-6-7-18-22-11/h3-7H,8H2,1-2H3,(H3-,17,18,19,20,21,22,25)/p+1. The molecule has 10 nitrogen and oxygen atoms in total. The van der Waals surface area contributed by atoms with E-state index in [1.54, 1.807) is 24.1 Å². The smallest absolute Gasteiger partial charge is 0.328 e. The first-order valence-corrected chi connectivity index (χ1v) is 7.89. The van der Waals surface area contributed by atoms with Crippen LogP contribution in [-0.2, 0) is 6.54 Å². The summed E-state index contributed by atoms with van der Waals surface area (Å²) < 4.78 is 3.16. The van der Waals surface area contributed by atoms with Crippen LogP contribution in [0.15, 0.2) is 35.3 Å². The van der Waals surface area contributed by atoms with Crippen LogP contribution in [0.3, 0.4) is 0 Å². The van der Waals surface area contributed by atoms with Gasteiger partial charge in [0.1, 0.15) is 24.9 Å². The highest BCUT2D eigenvalue weighted by atomic mass is 16.6. The molecule has 0 fully saturated rings. The lowest BCUT2D eigenvalue weighted by molar-refractivity contribution is -0.894. The first kappa shape index (κ1) is 15.8. The van der Waals surface area contributed by atoms with Gasteiger partial charge in [-0.15, -0.1) is 0 Å². The molecule has 0 aromatic carbocycles. The lowest BCUT2D eigenvalue weighted by atomic mass is 10.3. The molecule has 0 bridgehead atoms. The molecule has 132 valence electrons. The molecule has 0 aliphatic carbocycles. The maximum absolute atomic E-state index is 12.5. The third-order valence-electron chi connectivity index (χ3n) is 4.10. The molecule has 4 N–H and O–H groups in total. The van der Waals surface area contributed by atoms with Gasteiger partial charge in [0.2, 0.25) is 5.69 Å². The number of imidazole rings is 1. The number of nitrogens with two attached hydrogens (primary N) is 1. The fourth-order valence-electron chi connectivity index (χ4n) is 2.90. The number of aryl methyl sites for hydroxylation is 1. The van der Waals surface area contributed by atoms with E-state index in [4.69, 9.17) is 10.6 Å². The number of nitrogens with zero attached hydrogens (tertiary/aromatic N) is 5. The van der Waals surface area contributed by atoms with E-state index in [0.717, 1.165) is 11.4 Å². The largest absolute Gasteiger partial charge is 0.382 e. The van der Waals surface area contributed by atoms with Crippen LogP contribution in [0.5, 0.6) is 0 Å². The summed E-state index contributed by atoms with van der Waals surface area (Å²) in [7, 11) is 1.57. The number of fused-ring (bicyclic) bond motifs is 1. The Morgan fingerprint density at radius 3 is 2.88 bits per heavy atom. The minimum atomic E-state index is -0.327. The minimum absolute atomic E-state index is 0.194. The van der Waals surface area contributed by atoms with Gasteiger partial charge < -0.3 is 10.7 Å². The van der Waals surface area contributed by atoms with Crippen LogP contribution in [0.1, 0.15) is 11.4 Å². The Bertz CT molecular complexity index is 1140. The van der Waals surface area contributed by atoms with Crippen LogP contribution >= 0.6 is 0 Å². The van der Waals surface area contributed by atoms with Gasteiger partial charge in [0.15, 0.2) is 17.3 Å². The number of nitrogens with one attached hydrogen (secondary N) is 2. The second kappa shape index (κ2) is 5.99. The molecule has 0 saturated carbocycles. The highest BCUT2D eigenvalue weighted by molar-refractivity contribution is 5.83. The lowest BCUT2D eigenvalue weighted by Crippen LogP contribution is -2.48. The number of aromatic nitrogens is 7. The molecule has 4 aromatic rings. The van der Waals surface area contributed by atoms with Crippen molar-refractivity contribution in [3.8, 4) is 11.5 Å². The van der Waals surface area contributed by atoms with E-state index in [1.807, 2.05) is 25.1 Å². The Morgan fingerprint density at radius 2 is 2.15 bits per heavy atom. The molecule has 0 spiro atoms. The van der Waals surface area contributed by atoms with Crippen molar-refractivity contribution in [3.63, 3.8) is 0 Å². The van der Waals surface area contributed by atoms with Crippen LogP contribution in [-0.4, -0.2) is 36.8 Å². The molecular weight excluding hydrogens is 336 g/mol. The second-order valence-electron chi connectivity index (χ2n) is 5.75. The molecule has 0 atom stereocenters. The topological polar surface area (TPSA) is 131 Å². The normalized spacial score (nSPS) is 11.2. The van der Waals surface area contributed by atoms with E-state index in [1.165, 1.54) is 4.57 Å². The summed E-state index contributed by atoms with van der Waals surface area (Å²) in [5.41, 5.74) is 8.81. The molecule has 4 aromatic heterocycles. The maximum Gasteiger partial charge on any atom is 0.328 e. The summed E-state index contributed by atoms with van der Waals surface area (Å²) >= 11 is 0. The molecule has 0 aliphatic heterocycles. The molecule has 4 rings (SSSR count). The Labute approximate surface area is 147 Å². The highest BCUT2D eigenvalue weighted by Gasteiger charge is 2.20. The average Bonchev–Trinajstić information content (AvgIpc) is 3.25. The van der Waals surface area contributed by atoms with Gasteiger partial charge in [0.25, 0.3) is 5.69 Å². The predicted octanol–water partition coefficient (Wildman–Crippen LogP) is -0.205. The van der Waals surface area contributed by atoms with Gasteiger partial charge in [0, 0.05) is 30.0 Å². The zero-order chi connectivity index (χ0) is 18.3. The molecule has 0 aliphatic rings. The molecule has 26 heavy (non-hydrogen) atoms. The number of pyridine rings is 1. The van der Waals surface area contributed by atoms with Crippen molar-refractivity contribution in [1.29, 1.82) is 0 Å².